The van der Waals surface area contributed by atoms with Gasteiger partial charge in [-0.15, -0.1) is 0 Å². The monoisotopic (exact) mass is 537 g/mol. The van der Waals surface area contributed by atoms with Crippen molar-refractivity contribution in [1.29, 1.82) is 0 Å². The van der Waals surface area contributed by atoms with E-state index in [1.54, 1.807) is 36.4 Å². The van der Waals surface area contributed by atoms with Crippen LogP contribution in [-0.4, -0.2) is 41.1 Å². The molecule has 1 aliphatic rings. The molecule has 1 aromatic heterocycles. The molecule has 0 radical (unpaired) electrons. The number of ether oxygens (including phenoxy) is 3. The molecule has 2 heterocycles. The molecule has 3 aromatic rings. The average Bonchev–Trinajstić information content (AvgIpc) is 3.35. The van der Waals surface area contributed by atoms with Gasteiger partial charge in [0.05, 0.1) is 24.3 Å². The zero-order chi connectivity index (χ0) is 26.5. The molecule has 192 valence electrons. The van der Waals surface area contributed by atoms with Gasteiger partial charge in [0.25, 0.3) is 11.8 Å². The van der Waals surface area contributed by atoms with Crippen molar-refractivity contribution in [3.05, 3.63) is 76.5 Å². The van der Waals surface area contributed by atoms with Gasteiger partial charge < -0.3 is 19.5 Å². The maximum atomic E-state index is 13.2. The Morgan fingerprint density at radius 1 is 1.03 bits per heavy atom. The van der Waals surface area contributed by atoms with E-state index in [0.29, 0.717) is 38.8 Å². The van der Waals surface area contributed by atoms with E-state index in [9.17, 15) is 9.59 Å². The minimum atomic E-state index is -0.336. The third-order valence-electron chi connectivity index (χ3n) is 5.51. The molecule has 0 bridgehead atoms. The summed E-state index contributed by atoms with van der Waals surface area (Å²) < 4.78 is 19.0. The maximum Gasteiger partial charge on any atom is 0.285 e. The van der Waals surface area contributed by atoms with Crippen molar-refractivity contribution in [2.45, 2.75) is 20.8 Å². The van der Waals surface area contributed by atoms with E-state index in [1.165, 1.54) is 23.9 Å². The summed E-state index contributed by atoms with van der Waals surface area (Å²) in [5, 5.41) is 4.30. The average molecular weight is 538 g/mol. The first-order valence-electron chi connectivity index (χ1n) is 11.6. The van der Waals surface area contributed by atoms with Crippen molar-refractivity contribution in [1.82, 2.24) is 4.68 Å². The van der Waals surface area contributed by atoms with Gasteiger partial charge in [-0.25, -0.2) is 0 Å². The number of methoxy groups -OCH3 is 1. The summed E-state index contributed by atoms with van der Waals surface area (Å²) in [6.07, 6.45) is 1.76. The molecule has 0 aliphatic carbocycles. The fourth-order valence-electron chi connectivity index (χ4n) is 3.83. The molecule has 1 aliphatic heterocycles. The Kier molecular flexibility index (Phi) is 8.20. The fraction of sp³-hybridized carbons (Fsp3) is 0.222. The number of aryl methyl sites for hydroxylation is 2. The van der Waals surface area contributed by atoms with Crippen molar-refractivity contribution in [2.24, 2.45) is 0 Å². The first-order valence-corrected chi connectivity index (χ1v) is 12.8. The van der Waals surface area contributed by atoms with Crippen LogP contribution in [0.2, 0.25) is 0 Å². The van der Waals surface area contributed by atoms with Crippen molar-refractivity contribution in [3.8, 4) is 17.2 Å². The van der Waals surface area contributed by atoms with Gasteiger partial charge in [-0.05, 0) is 81.0 Å². The van der Waals surface area contributed by atoms with Crippen LogP contribution in [0, 0.1) is 13.8 Å². The Morgan fingerprint density at radius 2 is 1.76 bits per heavy atom. The molecule has 2 aromatic carbocycles. The normalized spacial score (nSPS) is 14.3. The molecule has 1 N–H and O–H groups in total. The molecule has 37 heavy (non-hydrogen) atoms. The second-order valence-corrected chi connectivity index (χ2v) is 9.77. The van der Waals surface area contributed by atoms with E-state index in [-0.39, 0.29) is 18.4 Å². The number of thioether (sulfide) groups is 1. The number of anilines is 1. The third-order valence-corrected chi connectivity index (χ3v) is 6.80. The molecule has 4 rings (SSSR count). The van der Waals surface area contributed by atoms with Gasteiger partial charge >= 0.3 is 0 Å². The number of amides is 2. The Balaban J connectivity index is 1.45. The molecule has 10 heteroatoms. The number of nitrogens with zero attached hydrogens (tertiary/aromatic N) is 2. The molecule has 1 saturated heterocycles. The highest BCUT2D eigenvalue weighted by Crippen LogP contribution is 2.35. The van der Waals surface area contributed by atoms with Gasteiger partial charge in [-0.3, -0.25) is 14.3 Å². The van der Waals surface area contributed by atoms with Gasteiger partial charge in [-0.1, -0.05) is 30.0 Å². The van der Waals surface area contributed by atoms with Gasteiger partial charge in [-0.2, -0.15) is 5.01 Å². The highest BCUT2D eigenvalue weighted by molar-refractivity contribution is 8.27. The SMILES string of the molecule is CCOc1ccccc1NC(=O)COc1ccc(/C=C2/SC(=S)N(n3c(C)ccc3C)C2=O)cc1OC. The zero-order valence-electron chi connectivity index (χ0n) is 20.9. The lowest BCUT2D eigenvalue weighted by molar-refractivity contribution is -0.118. The lowest BCUT2D eigenvalue weighted by atomic mass is 10.2. The van der Waals surface area contributed by atoms with Crippen molar-refractivity contribution in [2.75, 3.05) is 30.6 Å². The number of aromatic nitrogens is 1. The van der Waals surface area contributed by atoms with Crippen LogP contribution in [-0.2, 0) is 9.59 Å². The summed E-state index contributed by atoms with van der Waals surface area (Å²) in [7, 11) is 1.52. The highest BCUT2D eigenvalue weighted by atomic mass is 32.2. The van der Waals surface area contributed by atoms with Crippen LogP contribution in [0.25, 0.3) is 6.08 Å². The van der Waals surface area contributed by atoms with Crippen LogP contribution in [0.3, 0.4) is 0 Å². The minimum absolute atomic E-state index is 0.194. The Hall–Kier alpha value is -3.76. The van der Waals surface area contributed by atoms with Crippen molar-refractivity contribution >= 4 is 51.9 Å². The van der Waals surface area contributed by atoms with Crippen LogP contribution in [0.5, 0.6) is 17.2 Å². The predicted molar refractivity (Wildman–Crippen MR) is 150 cm³/mol. The van der Waals surface area contributed by atoms with E-state index < -0.39 is 0 Å². The summed E-state index contributed by atoms with van der Waals surface area (Å²) in [6, 6.07) is 16.3. The van der Waals surface area contributed by atoms with Gasteiger partial charge in [0.15, 0.2) is 22.4 Å². The van der Waals surface area contributed by atoms with Gasteiger partial charge in [0.2, 0.25) is 0 Å². The minimum Gasteiger partial charge on any atom is -0.493 e. The topological polar surface area (TPSA) is 82.0 Å². The number of carbonyl (C=O) groups is 2. The molecule has 2 amide bonds. The molecular weight excluding hydrogens is 510 g/mol. The number of nitrogens with one attached hydrogen (secondary N) is 1. The van der Waals surface area contributed by atoms with Crippen molar-refractivity contribution in [3.63, 3.8) is 0 Å². The first kappa shape index (κ1) is 26.3. The zero-order valence-corrected chi connectivity index (χ0v) is 22.6. The molecule has 1 fully saturated rings. The number of hydrogen-bond acceptors (Lipinski definition) is 7. The van der Waals surface area contributed by atoms with E-state index in [0.717, 1.165) is 17.0 Å². The third kappa shape index (κ3) is 5.81. The van der Waals surface area contributed by atoms with Crippen LogP contribution in [0.15, 0.2) is 59.5 Å². The second kappa shape index (κ2) is 11.5. The van der Waals surface area contributed by atoms with Crippen LogP contribution in [0.4, 0.5) is 5.69 Å². The smallest absolute Gasteiger partial charge is 0.285 e. The first-order chi connectivity index (χ1) is 17.8. The summed E-state index contributed by atoms with van der Waals surface area (Å²) >= 11 is 6.73. The summed E-state index contributed by atoms with van der Waals surface area (Å²) in [6.45, 7) is 6.00. The number of para-hydroxylation sites is 2. The second-order valence-electron chi connectivity index (χ2n) is 8.10. The predicted octanol–water partition coefficient (Wildman–Crippen LogP) is 5.07. The summed E-state index contributed by atoms with van der Waals surface area (Å²) in [5.74, 6) is 0.897. The van der Waals surface area contributed by atoms with Gasteiger partial charge in [0, 0.05) is 11.4 Å². The largest absolute Gasteiger partial charge is 0.493 e. The van der Waals surface area contributed by atoms with E-state index in [4.69, 9.17) is 26.4 Å². The molecule has 0 unspecified atom stereocenters. The number of hydrogen-bond donors (Lipinski definition) is 1. The van der Waals surface area contributed by atoms with Crippen molar-refractivity contribution < 1.29 is 23.8 Å². The van der Waals surface area contributed by atoms with Crippen LogP contribution in [0.1, 0.15) is 23.9 Å². The lowest BCUT2D eigenvalue weighted by Crippen LogP contribution is -2.39. The highest BCUT2D eigenvalue weighted by Gasteiger charge is 2.34. The Morgan fingerprint density at radius 3 is 2.46 bits per heavy atom. The molecule has 0 atom stereocenters. The molecule has 0 saturated carbocycles. The maximum absolute atomic E-state index is 13.2. The Bertz CT molecular complexity index is 1360. The summed E-state index contributed by atoms with van der Waals surface area (Å²) in [4.78, 5) is 26.1. The number of carbonyl (C=O) groups excluding carboxylic acids is 2. The molecule has 0 spiro atoms. The molecular formula is C27H27N3O5S2. The fourth-order valence-corrected chi connectivity index (χ4v) is 5.08. The van der Waals surface area contributed by atoms with Crippen LogP contribution < -0.4 is 24.5 Å². The number of benzene rings is 2. The lowest BCUT2D eigenvalue weighted by Gasteiger charge is -2.20. The quantitative estimate of drug-likeness (QED) is 0.302. The van der Waals surface area contributed by atoms with E-state index in [1.807, 2.05) is 49.7 Å². The Labute approximate surface area is 225 Å². The van der Waals surface area contributed by atoms with Crippen LogP contribution >= 0.6 is 24.0 Å². The van der Waals surface area contributed by atoms with E-state index in [2.05, 4.69) is 5.32 Å². The molecule has 8 nitrogen and oxygen atoms in total. The number of thiocarbonyl (C=S) groups is 1. The summed E-state index contributed by atoms with van der Waals surface area (Å²) in [5.41, 5.74) is 3.15. The van der Waals surface area contributed by atoms with E-state index >= 15 is 0 Å². The standard InChI is InChI=1S/C27H27N3O5S2/c1-5-34-21-9-7-6-8-20(21)28-25(31)16-35-22-13-12-19(14-23(22)33-4)15-24-26(32)30(27(36)37-24)29-17(2)10-11-18(29)3/h6-15H,5,16H2,1-4H3,(H,28,31)/b24-15+. The van der Waals surface area contributed by atoms with Gasteiger partial charge in [0.1, 0.15) is 5.75 Å². The number of rotatable bonds is 9.